The van der Waals surface area contributed by atoms with E-state index in [1.807, 2.05) is 0 Å². The van der Waals surface area contributed by atoms with Gasteiger partial charge in [0.25, 0.3) is 0 Å². The average Bonchev–Trinajstić information content (AvgIpc) is 3.19. The molecule has 0 aromatic carbocycles. The van der Waals surface area contributed by atoms with E-state index in [2.05, 4.69) is 38.2 Å². The number of amides is 1. The molecule has 0 radical (unpaired) electrons. The molecule has 332 valence electrons. The van der Waals surface area contributed by atoms with E-state index in [-0.39, 0.29) is 24.9 Å². The summed E-state index contributed by atoms with van der Waals surface area (Å²) in [6, 6.07) is -0.702. The minimum absolute atomic E-state index is 0.0630. The van der Waals surface area contributed by atoms with Crippen molar-refractivity contribution >= 4 is 11.9 Å². The molecule has 0 saturated carbocycles. The minimum Gasteiger partial charge on any atom is -0.462 e. The lowest BCUT2D eigenvalue weighted by Gasteiger charge is -2.24. The second-order valence-electron chi connectivity index (χ2n) is 17.2. The Kier molecular flexibility index (Phi) is 43.6. The summed E-state index contributed by atoms with van der Waals surface area (Å²) in [5.74, 6) is -0.492. The van der Waals surface area contributed by atoms with Crippen LogP contribution < -0.4 is 5.32 Å². The van der Waals surface area contributed by atoms with Crippen LogP contribution in [0.2, 0.25) is 0 Å². The third-order valence-electron chi connectivity index (χ3n) is 11.6. The molecule has 0 fully saturated rings. The molecular formula is C50H97NO5. The maximum atomic E-state index is 13.1. The second kappa shape index (κ2) is 44.7. The molecule has 3 atom stereocenters. The van der Waals surface area contributed by atoms with E-state index in [0.29, 0.717) is 19.3 Å². The molecule has 0 aromatic rings. The van der Waals surface area contributed by atoms with Gasteiger partial charge in [0.05, 0.1) is 25.2 Å². The molecule has 0 aromatic heterocycles. The van der Waals surface area contributed by atoms with E-state index >= 15 is 0 Å². The van der Waals surface area contributed by atoms with E-state index in [1.54, 1.807) is 0 Å². The first kappa shape index (κ1) is 54.6. The van der Waals surface area contributed by atoms with Crippen LogP contribution in [0.5, 0.6) is 0 Å². The zero-order valence-corrected chi connectivity index (χ0v) is 37.8. The van der Waals surface area contributed by atoms with Gasteiger partial charge in [0.15, 0.2) is 0 Å². The average molecular weight is 792 g/mol. The van der Waals surface area contributed by atoms with Gasteiger partial charge in [0, 0.05) is 6.42 Å². The number of aliphatic hydroxyl groups excluding tert-OH is 2. The first-order valence-corrected chi connectivity index (χ1v) is 24.9. The Bertz CT molecular complexity index is 847. The molecule has 6 nitrogen and oxygen atoms in total. The molecule has 1 amide bonds. The molecule has 0 bridgehead atoms. The summed E-state index contributed by atoms with van der Waals surface area (Å²) in [6.45, 7) is 6.47. The molecule has 0 rings (SSSR count). The van der Waals surface area contributed by atoms with Crippen molar-refractivity contribution in [1.29, 1.82) is 0 Å². The maximum Gasteiger partial charge on any atom is 0.306 e. The monoisotopic (exact) mass is 792 g/mol. The molecule has 56 heavy (non-hydrogen) atoms. The van der Waals surface area contributed by atoms with E-state index < -0.39 is 18.2 Å². The molecule has 0 saturated heterocycles. The van der Waals surface area contributed by atoms with Gasteiger partial charge in [0.1, 0.15) is 6.10 Å². The minimum atomic E-state index is -0.787. The second-order valence-corrected chi connectivity index (χ2v) is 17.2. The highest BCUT2D eigenvalue weighted by molar-refractivity contribution is 5.77. The number of carbonyl (C=O) groups is 2. The topological polar surface area (TPSA) is 95.9 Å². The molecule has 0 aliphatic heterocycles. The third-order valence-corrected chi connectivity index (χ3v) is 11.6. The van der Waals surface area contributed by atoms with Crippen molar-refractivity contribution in [2.24, 2.45) is 0 Å². The molecular weight excluding hydrogens is 695 g/mol. The van der Waals surface area contributed by atoms with E-state index in [1.165, 1.54) is 173 Å². The third kappa shape index (κ3) is 39.4. The number of ether oxygens (including phenoxy) is 1. The Labute approximate surface area is 349 Å². The number of hydrogen-bond donors (Lipinski definition) is 3. The summed E-state index contributed by atoms with van der Waals surface area (Å²) >= 11 is 0. The molecule has 0 heterocycles. The first-order valence-electron chi connectivity index (χ1n) is 24.9. The summed E-state index contributed by atoms with van der Waals surface area (Å²) in [6.07, 6.45) is 48.5. The number of carbonyl (C=O) groups excluding carboxylic acids is 2. The quantitative estimate of drug-likeness (QED) is 0.0324. The van der Waals surface area contributed by atoms with Gasteiger partial charge in [-0.25, -0.2) is 0 Å². The van der Waals surface area contributed by atoms with Crippen LogP contribution in [0.15, 0.2) is 12.2 Å². The van der Waals surface area contributed by atoms with Crippen LogP contribution >= 0.6 is 0 Å². The Morgan fingerprint density at radius 3 is 1.30 bits per heavy atom. The fraction of sp³-hybridized carbons (Fsp3) is 0.920. The lowest BCUT2D eigenvalue weighted by Crippen LogP contribution is -2.46. The van der Waals surface area contributed by atoms with Gasteiger partial charge in [-0.3, -0.25) is 9.59 Å². The predicted octanol–water partition coefficient (Wildman–Crippen LogP) is 14.6. The van der Waals surface area contributed by atoms with Gasteiger partial charge >= 0.3 is 5.97 Å². The summed E-state index contributed by atoms with van der Waals surface area (Å²) < 4.78 is 5.89. The molecule has 0 aliphatic carbocycles. The number of aliphatic hydroxyl groups is 2. The van der Waals surface area contributed by atoms with E-state index in [0.717, 1.165) is 51.4 Å². The fourth-order valence-electron chi connectivity index (χ4n) is 7.78. The van der Waals surface area contributed by atoms with Crippen LogP contribution in [0.4, 0.5) is 0 Å². The van der Waals surface area contributed by atoms with Crippen LogP contribution in [-0.4, -0.2) is 46.9 Å². The van der Waals surface area contributed by atoms with Gasteiger partial charge in [-0.15, -0.1) is 0 Å². The highest BCUT2D eigenvalue weighted by Crippen LogP contribution is 2.18. The smallest absolute Gasteiger partial charge is 0.306 e. The Morgan fingerprint density at radius 2 is 0.875 bits per heavy atom. The summed E-state index contributed by atoms with van der Waals surface area (Å²) in [4.78, 5) is 26.0. The zero-order chi connectivity index (χ0) is 41.0. The van der Waals surface area contributed by atoms with Crippen molar-refractivity contribution in [3.05, 3.63) is 12.2 Å². The van der Waals surface area contributed by atoms with Crippen LogP contribution in [0.25, 0.3) is 0 Å². The SMILES string of the molecule is CCCCCCCC/C=C\CCCC(CC(=O)NC(CO)C(O)CCCCCCCCCCCCCCCCCC)OC(=O)CCCCCCCCCCCC. The maximum absolute atomic E-state index is 13.1. The first-order chi connectivity index (χ1) is 27.5. The van der Waals surface area contributed by atoms with Crippen LogP contribution in [0, 0.1) is 0 Å². The Morgan fingerprint density at radius 1 is 0.500 bits per heavy atom. The van der Waals surface area contributed by atoms with Gasteiger partial charge in [-0.05, 0) is 44.9 Å². The lowest BCUT2D eigenvalue weighted by atomic mass is 10.0. The van der Waals surface area contributed by atoms with Crippen molar-refractivity contribution in [3.8, 4) is 0 Å². The summed E-state index contributed by atoms with van der Waals surface area (Å²) in [7, 11) is 0. The van der Waals surface area contributed by atoms with Crippen molar-refractivity contribution in [2.75, 3.05) is 6.61 Å². The lowest BCUT2D eigenvalue weighted by molar-refractivity contribution is -0.151. The number of nitrogens with one attached hydrogen (secondary N) is 1. The fourth-order valence-corrected chi connectivity index (χ4v) is 7.78. The highest BCUT2D eigenvalue weighted by Gasteiger charge is 2.24. The van der Waals surface area contributed by atoms with Crippen molar-refractivity contribution in [1.82, 2.24) is 5.32 Å². The summed E-state index contributed by atoms with van der Waals surface area (Å²) in [5.41, 5.74) is 0. The molecule has 6 heteroatoms. The zero-order valence-electron chi connectivity index (χ0n) is 37.8. The van der Waals surface area contributed by atoms with Crippen LogP contribution in [-0.2, 0) is 14.3 Å². The van der Waals surface area contributed by atoms with E-state index in [9.17, 15) is 19.8 Å². The standard InChI is InChI=1S/C50H97NO5/c1-4-7-10-13-16-19-22-23-24-25-26-28-30-33-36-39-42-48(53)47(45-52)51-49(54)44-46(41-38-35-32-29-27-20-17-14-11-8-5-2)56-50(55)43-40-37-34-31-21-18-15-12-9-6-3/h29,32,46-48,52-53H,4-28,30-31,33-45H2,1-3H3,(H,51,54)/b32-29-. The number of rotatable bonds is 45. The number of allylic oxidation sites excluding steroid dienone is 2. The van der Waals surface area contributed by atoms with Crippen LogP contribution in [0.3, 0.4) is 0 Å². The van der Waals surface area contributed by atoms with Crippen molar-refractivity contribution in [2.45, 2.75) is 289 Å². The number of unbranched alkanes of at least 4 members (excludes halogenated alkanes) is 31. The largest absolute Gasteiger partial charge is 0.462 e. The molecule has 3 N–H and O–H groups in total. The Hall–Kier alpha value is -1.40. The predicted molar refractivity (Wildman–Crippen MR) is 241 cm³/mol. The highest BCUT2D eigenvalue weighted by atomic mass is 16.5. The number of esters is 1. The van der Waals surface area contributed by atoms with Crippen LogP contribution in [0.1, 0.15) is 271 Å². The van der Waals surface area contributed by atoms with Gasteiger partial charge < -0.3 is 20.3 Å². The Balaban J connectivity index is 4.47. The van der Waals surface area contributed by atoms with Gasteiger partial charge in [0.2, 0.25) is 5.91 Å². The molecule has 0 aliphatic rings. The van der Waals surface area contributed by atoms with Crippen molar-refractivity contribution in [3.63, 3.8) is 0 Å². The van der Waals surface area contributed by atoms with Gasteiger partial charge in [-0.1, -0.05) is 226 Å². The van der Waals surface area contributed by atoms with Crippen molar-refractivity contribution < 1.29 is 24.5 Å². The molecule has 3 unspecified atom stereocenters. The van der Waals surface area contributed by atoms with Gasteiger partial charge in [-0.2, -0.15) is 0 Å². The normalized spacial score (nSPS) is 13.3. The molecule has 0 spiro atoms. The number of hydrogen-bond acceptors (Lipinski definition) is 5. The summed E-state index contributed by atoms with van der Waals surface area (Å²) in [5, 5.41) is 23.7. The van der Waals surface area contributed by atoms with E-state index in [4.69, 9.17) is 4.74 Å².